The van der Waals surface area contributed by atoms with Gasteiger partial charge in [0.15, 0.2) is 0 Å². The summed E-state index contributed by atoms with van der Waals surface area (Å²) in [5.41, 5.74) is 2.01. The van der Waals surface area contributed by atoms with Gasteiger partial charge in [-0.05, 0) is 64.3 Å². The topological polar surface area (TPSA) is 88.5 Å². The maximum absolute atomic E-state index is 13.0. The molecule has 2 aromatic rings. The molecule has 8 nitrogen and oxygen atoms in total. The molecule has 4 rings (SSSR count). The summed E-state index contributed by atoms with van der Waals surface area (Å²) in [6, 6.07) is 12.0. The van der Waals surface area contributed by atoms with E-state index in [4.69, 9.17) is 9.84 Å². The minimum absolute atomic E-state index is 0.0230. The van der Waals surface area contributed by atoms with E-state index >= 15 is 0 Å². The molecular weight excluding hydrogens is 442 g/mol. The van der Waals surface area contributed by atoms with E-state index in [-0.39, 0.29) is 17.7 Å². The number of likely N-dealkylation sites (tertiary alicyclic amines) is 1. The molecule has 35 heavy (non-hydrogen) atoms. The van der Waals surface area contributed by atoms with Crippen LogP contribution in [0.25, 0.3) is 5.69 Å². The van der Waals surface area contributed by atoms with Crippen molar-refractivity contribution in [3.8, 4) is 5.69 Å². The van der Waals surface area contributed by atoms with Gasteiger partial charge < -0.3 is 15.4 Å². The highest BCUT2D eigenvalue weighted by atomic mass is 16.5. The number of hydrogen-bond donors (Lipinski definition) is 2. The Balaban J connectivity index is 1.28. The van der Waals surface area contributed by atoms with Crippen LogP contribution < -0.4 is 10.6 Å². The van der Waals surface area contributed by atoms with E-state index < -0.39 is 0 Å². The fourth-order valence-corrected chi connectivity index (χ4v) is 5.09. The van der Waals surface area contributed by atoms with Gasteiger partial charge in [0.1, 0.15) is 5.82 Å². The van der Waals surface area contributed by atoms with Crippen LogP contribution in [0.2, 0.25) is 0 Å². The fraction of sp³-hybridized carbons (Fsp3) is 0.593. The van der Waals surface area contributed by atoms with Crippen molar-refractivity contribution in [1.82, 2.24) is 20.0 Å². The van der Waals surface area contributed by atoms with Crippen LogP contribution in [0.5, 0.6) is 0 Å². The van der Waals surface area contributed by atoms with E-state index in [0.29, 0.717) is 32.2 Å². The van der Waals surface area contributed by atoms with E-state index in [2.05, 4.69) is 15.5 Å². The number of nitrogens with one attached hydrogen (secondary N) is 2. The van der Waals surface area contributed by atoms with Crippen molar-refractivity contribution in [2.24, 2.45) is 5.92 Å². The van der Waals surface area contributed by atoms with Crippen LogP contribution >= 0.6 is 0 Å². The van der Waals surface area contributed by atoms with Crippen molar-refractivity contribution in [1.29, 1.82) is 0 Å². The number of para-hydroxylation sites is 1. The Morgan fingerprint density at radius 2 is 1.83 bits per heavy atom. The molecule has 190 valence electrons. The van der Waals surface area contributed by atoms with E-state index in [1.54, 1.807) is 0 Å². The van der Waals surface area contributed by atoms with E-state index in [0.717, 1.165) is 62.4 Å². The lowest BCUT2D eigenvalue weighted by Gasteiger charge is -2.30. The molecule has 1 aliphatic heterocycles. The predicted molar refractivity (Wildman–Crippen MR) is 137 cm³/mol. The molecule has 0 radical (unpaired) electrons. The Labute approximate surface area is 208 Å². The predicted octanol–water partition coefficient (Wildman–Crippen LogP) is 3.72. The number of aromatic nitrogens is 2. The summed E-state index contributed by atoms with van der Waals surface area (Å²) in [5, 5.41) is 11.0. The molecule has 1 aromatic carbocycles. The van der Waals surface area contributed by atoms with Gasteiger partial charge in [-0.1, -0.05) is 31.0 Å². The van der Waals surface area contributed by atoms with Crippen LogP contribution in [0.3, 0.4) is 0 Å². The summed E-state index contributed by atoms with van der Waals surface area (Å²) in [5.74, 6) is 1.30. The number of amides is 2. The maximum atomic E-state index is 13.0. The molecule has 2 aliphatic rings. The second-order valence-corrected chi connectivity index (χ2v) is 9.62. The van der Waals surface area contributed by atoms with Crippen LogP contribution in [0.4, 0.5) is 5.82 Å². The molecule has 0 bridgehead atoms. The minimum Gasteiger partial charge on any atom is -0.382 e. The quantitative estimate of drug-likeness (QED) is 0.478. The van der Waals surface area contributed by atoms with Crippen molar-refractivity contribution in [3.05, 3.63) is 42.1 Å². The first kappa shape index (κ1) is 25.4. The third-order valence-corrected chi connectivity index (χ3v) is 7.06. The number of piperidine rings is 1. The molecule has 8 heteroatoms. The number of carbonyl (C=O) groups excluding carboxylic acids is 2. The lowest BCUT2D eigenvalue weighted by atomic mass is 9.96. The lowest BCUT2D eigenvalue weighted by molar-refractivity contribution is -0.126. The van der Waals surface area contributed by atoms with Crippen molar-refractivity contribution in [2.45, 2.75) is 57.8 Å². The molecule has 2 N–H and O–H groups in total. The molecular formula is C27H39N5O3. The van der Waals surface area contributed by atoms with E-state index in [9.17, 15) is 9.59 Å². The first-order valence-corrected chi connectivity index (χ1v) is 13.2. The van der Waals surface area contributed by atoms with Gasteiger partial charge in [-0.2, -0.15) is 5.10 Å². The normalized spacial score (nSPS) is 17.5. The standard InChI is InChI=1S/C27H39N5O3/c1-2-35-18-8-15-28-27(34)22-13-16-31(17-14-22)20-26(33)29-25-19-24(21-9-6-7-10-21)30-32(25)23-11-4-3-5-12-23/h3-5,11-12,19,21-22H,2,6-10,13-18,20H2,1H3,(H,28,34)(H,29,33). The largest absolute Gasteiger partial charge is 0.382 e. The van der Waals surface area contributed by atoms with Gasteiger partial charge in [0.05, 0.1) is 17.9 Å². The molecule has 2 amide bonds. The van der Waals surface area contributed by atoms with E-state index in [1.807, 2.05) is 48.0 Å². The summed E-state index contributed by atoms with van der Waals surface area (Å²) in [4.78, 5) is 27.5. The number of anilines is 1. The average Bonchev–Trinajstić information content (AvgIpc) is 3.55. The van der Waals surface area contributed by atoms with Crippen LogP contribution in [-0.2, 0) is 14.3 Å². The third-order valence-electron chi connectivity index (χ3n) is 7.06. The summed E-state index contributed by atoms with van der Waals surface area (Å²) >= 11 is 0. The third kappa shape index (κ3) is 7.15. The Hall–Kier alpha value is -2.71. The number of carbonyl (C=O) groups is 2. The number of nitrogens with zero attached hydrogens (tertiary/aromatic N) is 3. The zero-order valence-electron chi connectivity index (χ0n) is 20.9. The molecule has 2 heterocycles. The molecule has 1 saturated heterocycles. The van der Waals surface area contributed by atoms with Crippen LogP contribution in [-0.4, -0.2) is 65.9 Å². The maximum Gasteiger partial charge on any atom is 0.239 e. The Morgan fingerprint density at radius 3 is 2.54 bits per heavy atom. The second kappa shape index (κ2) is 12.8. The number of benzene rings is 1. The number of hydrogen-bond acceptors (Lipinski definition) is 5. The van der Waals surface area contributed by atoms with Crippen LogP contribution in [0.1, 0.15) is 63.5 Å². The Kier molecular flexibility index (Phi) is 9.31. The molecule has 1 saturated carbocycles. The van der Waals surface area contributed by atoms with Gasteiger partial charge in [0.25, 0.3) is 0 Å². The average molecular weight is 482 g/mol. The van der Waals surface area contributed by atoms with Crippen molar-refractivity contribution in [3.63, 3.8) is 0 Å². The molecule has 1 aliphatic carbocycles. The molecule has 1 aromatic heterocycles. The highest BCUT2D eigenvalue weighted by molar-refractivity contribution is 5.91. The first-order valence-electron chi connectivity index (χ1n) is 13.2. The number of ether oxygens (including phenoxy) is 1. The zero-order chi connectivity index (χ0) is 24.5. The van der Waals surface area contributed by atoms with Gasteiger partial charge in [-0.25, -0.2) is 4.68 Å². The van der Waals surface area contributed by atoms with E-state index in [1.165, 1.54) is 12.8 Å². The minimum atomic E-state index is -0.0427. The molecule has 0 atom stereocenters. The summed E-state index contributed by atoms with van der Waals surface area (Å²) in [6.45, 7) is 5.82. The zero-order valence-corrected chi connectivity index (χ0v) is 20.9. The summed E-state index contributed by atoms with van der Waals surface area (Å²) in [7, 11) is 0. The monoisotopic (exact) mass is 481 g/mol. The lowest BCUT2D eigenvalue weighted by Crippen LogP contribution is -2.43. The Morgan fingerprint density at radius 1 is 1.09 bits per heavy atom. The Bertz CT molecular complexity index is 947. The van der Waals surface area contributed by atoms with Gasteiger partial charge in [-0.3, -0.25) is 14.5 Å². The van der Waals surface area contributed by atoms with Crippen LogP contribution in [0, 0.1) is 5.92 Å². The molecule has 0 unspecified atom stereocenters. The molecule has 2 fully saturated rings. The van der Waals surface area contributed by atoms with Crippen molar-refractivity contribution >= 4 is 17.6 Å². The highest BCUT2D eigenvalue weighted by Crippen LogP contribution is 2.35. The van der Waals surface area contributed by atoms with Gasteiger partial charge >= 0.3 is 0 Å². The summed E-state index contributed by atoms with van der Waals surface area (Å²) in [6.07, 6.45) is 7.19. The highest BCUT2D eigenvalue weighted by Gasteiger charge is 2.27. The van der Waals surface area contributed by atoms with Crippen LogP contribution in [0.15, 0.2) is 36.4 Å². The van der Waals surface area contributed by atoms with Crippen molar-refractivity contribution in [2.75, 3.05) is 44.7 Å². The fourth-order valence-electron chi connectivity index (χ4n) is 5.09. The smallest absolute Gasteiger partial charge is 0.239 e. The summed E-state index contributed by atoms with van der Waals surface area (Å²) < 4.78 is 7.17. The second-order valence-electron chi connectivity index (χ2n) is 9.62. The molecule has 0 spiro atoms. The number of rotatable bonds is 11. The van der Waals surface area contributed by atoms with Crippen molar-refractivity contribution < 1.29 is 14.3 Å². The van der Waals surface area contributed by atoms with Gasteiger partial charge in [0.2, 0.25) is 11.8 Å². The van der Waals surface area contributed by atoms with Gasteiger partial charge in [-0.15, -0.1) is 0 Å². The van der Waals surface area contributed by atoms with Gasteiger partial charge in [0, 0.05) is 37.7 Å². The SMILES string of the molecule is CCOCCCNC(=O)C1CCN(CC(=O)Nc2cc(C3CCCC3)nn2-c2ccccc2)CC1. The first-order chi connectivity index (χ1) is 17.1.